The van der Waals surface area contributed by atoms with E-state index in [1.54, 1.807) is 19.1 Å². The first-order valence-corrected chi connectivity index (χ1v) is 7.64. The molecule has 0 saturated heterocycles. The van der Waals surface area contributed by atoms with Gasteiger partial charge < -0.3 is 31.3 Å². The Morgan fingerprint density at radius 3 is 2.48 bits per heavy atom. The van der Waals surface area contributed by atoms with Crippen LogP contribution in [0.25, 0.3) is 11.0 Å². The zero-order valence-corrected chi connectivity index (χ0v) is 13.9. The monoisotopic (exact) mass is 348 g/mol. The van der Waals surface area contributed by atoms with Gasteiger partial charge in [0.05, 0.1) is 12.6 Å². The number of hydrogen-bond acceptors (Lipinski definition) is 5. The summed E-state index contributed by atoms with van der Waals surface area (Å²) < 4.78 is 11.3. The molecule has 0 aliphatic rings. The van der Waals surface area contributed by atoms with Gasteiger partial charge in [-0.15, -0.1) is 0 Å². The number of furan rings is 1. The molecule has 0 fully saturated rings. The van der Waals surface area contributed by atoms with Gasteiger partial charge >= 0.3 is 6.03 Å². The fourth-order valence-electron chi connectivity index (χ4n) is 2.26. The van der Waals surface area contributed by atoms with Crippen molar-refractivity contribution in [2.24, 2.45) is 11.5 Å². The number of carbonyl (C=O) groups is 3. The number of nitrogens with one attached hydrogen (secondary N) is 2. The number of urea groups is 1. The molecular weight excluding hydrogens is 328 g/mol. The lowest BCUT2D eigenvalue weighted by molar-refractivity contribution is -0.128. The SMILES string of the molecule is CCOc1cccc2cc([C@H](C)NC(=O)NC(C(N)=O)C(N)=O)oc12. The first kappa shape index (κ1) is 18.1. The predicted molar refractivity (Wildman–Crippen MR) is 89.6 cm³/mol. The first-order valence-electron chi connectivity index (χ1n) is 7.64. The van der Waals surface area contributed by atoms with Crippen LogP contribution in [0.5, 0.6) is 5.75 Å². The number of amides is 4. The van der Waals surface area contributed by atoms with E-state index < -0.39 is 29.9 Å². The zero-order valence-electron chi connectivity index (χ0n) is 13.9. The second-order valence-corrected chi connectivity index (χ2v) is 5.33. The van der Waals surface area contributed by atoms with Gasteiger partial charge in [0.2, 0.25) is 11.8 Å². The average Bonchev–Trinajstić information content (AvgIpc) is 2.97. The summed E-state index contributed by atoms with van der Waals surface area (Å²) in [6.45, 7) is 4.04. The molecule has 1 aromatic carbocycles. The van der Waals surface area contributed by atoms with Crippen LogP contribution in [-0.2, 0) is 9.59 Å². The molecule has 2 rings (SSSR count). The van der Waals surface area contributed by atoms with Crippen molar-refractivity contribution in [1.29, 1.82) is 0 Å². The largest absolute Gasteiger partial charge is 0.490 e. The second-order valence-electron chi connectivity index (χ2n) is 5.33. The lowest BCUT2D eigenvalue weighted by atomic mass is 10.2. The summed E-state index contributed by atoms with van der Waals surface area (Å²) in [6.07, 6.45) is 0. The van der Waals surface area contributed by atoms with Crippen molar-refractivity contribution in [2.75, 3.05) is 6.61 Å². The molecule has 9 heteroatoms. The summed E-state index contributed by atoms with van der Waals surface area (Å²) >= 11 is 0. The Kier molecular flexibility index (Phi) is 5.48. The molecule has 0 saturated carbocycles. The smallest absolute Gasteiger partial charge is 0.316 e. The van der Waals surface area contributed by atoms with Crippen LogP contribution in [0.3, 0.4) is 0 Å². The van der Waals surface area contributed by atoms with E-state index in [4.69, 9.17) is 20.6 Å². The Hall–Kier alpha value is -3.23. The number of rotatable bonds is 7. The van der Waals surface area contributed by atoms with Crippen LogP contribution >= 0.6 is 0 Å². The molecule has 9 nitrogen and oxygen atoms in total. The highest BCUT2D eigenvalue weighted by Gasteiger charge is 2.25. The maximum atomic E-state index is 11.9. The average molecular weight is 348 g/mol. The minimum atomic E-state index is -1.59. The summed E-state index contributed by atoms with van der Waals surface area (Å²) in [5, 5.41) is 5.49. The van der Waals surface area contributed by atoms with Crippen molar-refractivity contribution in [2.45, 2.75) is 25.9 Å². The van der Waals surface area contributed by atoms with Gasteiger partial charge in [0.15, 0.2) is 17.4 Å². The quantitative estimate of drug-likeness (QED) is 0.538. The van der Waals surface area contributed by atoms with Crippen LogP contribution in [-0.4, -0.2) is 30.5 Å². The molecule has 134 valence electrons. The zero-order chi connectivity index (χ0) is 18.6. The molecule has 6 N–H and O–H groups in total. The molecule has 1 aromatic heterocycles. The van der Waals surface area contributed by atoms with Gasteiger partial charge in [-0.2, -0.15) is 0 Å². The molecule has 0 aliphatic carbocycles. The number of hydrogen-bond donors (Lipinski definition) is 4. The molecule has 0 spiro atoms. The lowest BCUT2D eigenvalue weighted by Crippen LogP contribution is -2.55. The van der Waals surface area contributed by atoms with Gasteiger partial charge in [-0.1, -0.05) is 12.1 Å². The lowest BCUT2D eigenvalue weighted by Gasteiger charge is -2.15. The Morgan fingerprint density at radius 1 is 1.20 bits per heavy atom. The van der Waals surface area contributed by atoms with Crippen molar-refractivity contribution < 1.29 is 23.5 Å². The summed E-state index contributed by atoms with van der Waals surface area (Å²) in [5.74, 6) is -1.00. The molecule has 2 aromatic rings. The Labute approximate surface area is 143 Å². The van der Waals surface area contributed by atoms with Gasteiger partial charge in [0, 0.05) is 5.39 Å². The number of fused-ring (bicyclic) bond motifs is 1. The van der Waals surface area contributed by atoms with E-state index in [0.717, 1.165) is 5.39 Å². The number of carbonyl (C=O) groups excluding carboxylic acids is 3. The van der Waals surface area contributed by atoms with Crippen molar-refractivity contribution in [3.05, 3.63) is 30.0 Å². The van der Waals surface area contributed by atoms with Crippen molar-refractivity contribution in [1.82, 2.24) is 10.6 Å². The molecule has 0 aliphatic heterocycles. The van der Waals surface area contributed by atoms with E-state index in [0.29, 0.717) is 23.7 Å². The van der Waals surface area contributed by atoms with Gasteiger partial charge in [-0.3, -0.25) is 9.59 Å². The highest BCUT2D eigenvalue weighted by Crippen LogP contribution is 2.31. The number of ether oxygens (including phenoxy) is 1. The van der Waals surface area contributed by atoms with Crippen LogP contribution in [0.4, 0.5) is 4.79 Å². The van der Waals surface area contributed by atoms with Gasteiger partial charge in [0.1, 0.15) is 5.76 Å². The molecular formula is C16H20N4O5. The third-order valence-corrected chi connectivity index (χ3v) is 3.45. The maximum absolute atomic E-state index is 11.9. The van der Waals surface area contributed by atoms with Crippen molar-refractivity contribution >= 4 is 28.8 Å². The second kappa shape index (κ2) is 7.56. The third kappa shape index (κ3) is 4.19. The summed E-state index contributed by atoms with van der Waals surface area (Å²) in [5.41, 5.74) is 10.6. The van der Waals surface area contributed by atoms with E-state index in [-0.39, 0.29) is 0 Å². The Bertz CT molecular complexity index is 787. The van der Waals surface area contributed by atoms with Crippen molar-refractivity contribution in [3.63, 3.8) is 0 Å². The number of nitrogens with two attached hydrogens (primary N) is 2. The summed E-state index contributed by atoms with van der Waals surface area (Å²) in [4.78, 5) is 34.1. The van der Waals surface area contributed by atoms with Gasteiger partial charge in [-0.05, 0) is 26.0 Å². The minimum absolute atomic E-state index is 0.479. The van der Waals surface area contributed by atoms with Crippen LogP contribution in [0.2, 0.25) is 0 Å². The first-order chi connectivity index (χ1) is 11.8. The molecule has 25 heavy (non-hydrogen) atoms. The van der Waals surface area contributed by atoms with E-state index in [1.807, 2.05) is 19.1 Å². The molecule has 1 heterocycles. The number of para-hydroxylation sites is 1. The highest BCUT2D eigenvalue weighted by atomic mass is 16.5. The molecule has 1 atom stereocenters. The van der Waals surface area contributed by atoms with Gasteiger partial charge in [0.25, 0.3) is 0 Å². The van der Waals surface area contributed by atoms with Crippen LogP contribution in [0.1, 0.15) is 25.6 Å². The van der Waals surface area contributed by atoms with Gasteiger partial charge in [-0.25, -0.2) is 4.79 Å². The molecule has 0 radical (unpaired) electrons. The van der Waals surface area contributed by atoms with Crippen LogP contribution in [0, 0.1) is 0 Å². The van der Waals surface area contributed by atoms with Crippen LogP contribution < -0.4 is 26.8 Å². The van der Waals surface area contributed by atoms with Crippen LogP contribution in [0.15, 0.2) is 28.7 Å². The third-order valence-electron chi connectivity index (χ3n) is 3.45. The predicted octanol–water partition coefficient (Wildman–Crippen LogP) is 0.531. The summed E-state index contributed by atoms with van der Waals surface area (Å²) in [6, 6.07) is 4.34. The van der Waals surface area contributed by atoms with E-state index in [9.17, 15) is 14.4 Å². The molecule has 4 amide bonds. The highest BCUT2D eigenvalue weighted by molar-refractivity contribution is 6.05. The minimum Gasteiger partial charge on any atom is -0.490 e. The molecule has 0 bridgehead atoms. The topological polar surface area (TPSA) is 150 Å². The van der Waals surface area contributed by atoms with Crippen molar-refractivity contribution in [3.8, 4) is 5.75 Å². The Morgan fingerprint density at radius 2 is 1.88 bits per heavy atom. The fraction of sp³-hybridized carbons (Fsp3) is 0.312. The maximum Gasteiger partial charge on any atom is 0.316 e. The van der Waals surface area contributed by atoms with E-state index in [1.165, 1.54) is 0 Å². The van der Waals surface area contributed by atoms with E-state index in [2.05, 4.69) is 10.6 Å². The standard InChI is InChI=1S/C16H20N4O5/c1-3-24-10-6-4-5-9-7-11(25-13(9)10)8(2)19-16(23)20-12(14(17)21)15(18)22/h4-8,12H,3H2,1-2H3,(H2,17,21)(H2,18,22)(H2,19,20,23)/t8-/m0/s1. The number of benzene rings is 1. The normalized spacial score (nSPS) is 12.0. The summed E-state index contributed by atoms with van der Waals surface area (Å²) in [7, 11) is 0. The molecule has 0 unspecified atom stereocenters. The fourth-order valence-corrected chi connectivity index (χ4v) is 2.26. The number of primary amides is 2. The Balaban J connectivity index is 2.12. The van der Waals surface area contributed by atoms with E-state index >= 15 is 0 Å².